The van der Waals surface area contributed by atoms with Crippen LogP contribution in [0.25, 0.3) is 0 Å². The maximum atomic E-state index is 5.89. The molecule has 2 N–H and O–H groups in total. The number of benzene rings is 2. The molecule has 0 aromatic heterocycles. The standard InChI is InChI=1S/C16H18BrNO/c1-11(2)13-5-3-12(4-6-13)10-19-16-8-7-14(17)9-15(16)18/h3-9,11H,10,18H2,1-2H3. The quantitative estimate of drug-likeness (QED) is 0.826. The second-order valence-corrected chi connectivity index (χ2v) is 5.78. The van der Waals surface area contributed by atoms with E-state index in [9.17, 15) is 0 Å². The number of anilines is 1. The Labute approximate surface area is 122 Å². The summed E-state index contributed by atoms with van der Waals surface area (Å²) in [6, 6.07) is 14.1. The summed E-state index contributed by atoms with van der Waals surface area (Å²) in [5.74, 6) is 1.27. The Hall–Kier alpha value is -1.48. The maximum absolute atomic E-state index is 5.89. The summed E-state index contributed by atoms with van der Waals surface area (Å²) < 4.78 is 6.69. The third-order valence-electron chi connectivity index (χ3n) is 3.01. The van der Waals surface area contributed by atoms with E-state index in [4.69, 9.17) is 10.5 Å². The summed E-state index contributed by atoms with van der Waals surface area (Å²) in [6.07, 6.45) is 0. The smallest absolute Gasteiger partial charge is 0.142 e. The SMILES string of the molecule is CC(C)c1ccc(COc2ccc(Br)cc2N)cc1. The largest absolute Gasteiger partial charge is 0.487 e. The van der Waals surface area contributed by atoms with Gasteiger partial charge in [0, 0.05) is 4.47 Å². The average molecular weight is 320 g/mol. The van der Waals surface area contributed by atoms with Crippen molar-refractivity contribution < 1.29 is 4.74 Å². The molecule has 2 nitrogen and oxygen atoms in total. The van der Waals surface area contributed by atoms with Crippen LogP contribution in [-0.4, -0.2) is 0 Å². The van der Waals surface area contributed by atoms with Crippen LogP contribution in [0.5, 0.6) is 5.75 Å². The molecule has 0 atom stereocenters. The molecule has 0 aliphatic rings. The molecule has 2 aromatic carbocycles. The Morgan fingerprint density at radius 3 is 2.37 bits per heavy atom. The molecule has 0 amide bonds. The molecule has 2 rings (SSSR count). The Morgan fingerprint density at radius 2 is 1.79 bits per heavy atom. The number of nitrogen functional groups attached to an aromatic ring is 1. The first-order chi connectivity index (χ1) is 9.06. The summed E-state index contributed by atoms with van der Waals surface area (Å²) in [5.41, 5.74) is 9.03. The molecule has 0 spiro atoms. The topological polar surface area (TPSA) is 35.2 Å². The van der Waals surface area contributed by atoms with Gasteiger partial charge in [-0.15, -0.1) is 0 Å². The molecule has 3 heteroatoms. The van der Waals surface area contributed by atoms with Crippen LogP contribution in [0.15, 0.2) is 46.9 Å². The van der Waals surface area contributed by atoms with Crippen LogP contribution >= 0.6 is 15.9 Å². The lowest BCUT2D eigenvalue weighted by molar-refractivity contribution is 0.308. The summed E-state index contributed by atoms with van der Waals surface area (Å²) >= 11 is 3.38. The van der Waals surface area contributed by atoms with Gasteiger partial charge in [-0.05, 0) is 35.2 Å². The van der Waals surface area contributed by atoms with E-state index >= 15 is 0 Å². The van der Waals surface area contributed by atoms with E-state index < -0.39 is 0 Å². The van der Waals surface area contributed by atoms with Gasteiger partial charge in [-0.25, -0.2) is 0 Å². The zero-order valence-corrected chi connectivity index (χ0v) is 12.8. The van der Waals surface area contributed by atoms with Crippen LogP contribution in [-0.2, 0) is 6.61 Å². The molecule has 2 aromatic rings. The minimum absolute atomic E-state index is 0.532. The molecule has 0 unspecified atom stereocenters. The molecule has 0 fully saturated rings. The van der Waals surface area contributed by atoms with E-state index in [0.29, 0.717) is 18.2 Å². The second kappa shape index (κ2) is 6.11. The predicted octanol–water partition coefficient (Wildman–Crippen LogP) is 4.73. The molecule has 0 aliphatic carbocycles. The highest BCUT2D eigenvalue weighted by Gasteiger charge is 2.03. The summed E-state index contributed by atoms with van der Waals surface area (Å²) in [5, 5.41) is 0. The molecule has 100 valence electrons. The molecule has 0 saturated heterocycles. The first-order valence-corrected chi connectivity index (χ1v) is 7.12. The first-order valence-electron chi connectivity index (χ1n) is 6.33. The van der Waals surface area contributed by atoms with Gasteiger partial charge in [0.05, 0.1) is 5.69 Å². The van der Waals surface area contributed by atoms with Crippen LogP contribution in [0, 0.1) is 0 Å². The van der Waals surface area contributed by atoms with Gasteiger partial charge in [0.2, 0.25) is 0 Å². The maximum Gasteiger partial charge on any atom is 0.142 e. The second-order valence-electron chi connectivity index (χ2n) is 4.87. The summed E-state index contributed by atoms with van der Waals surface area (Å²) in [7, 11) is 0. The van der Waals surface area contributed by atoms with E-state index in [1.54, 1.807) is 0 Å². The van der Waals surface area contributed by atoms with E-state index in [2.05, 4.69) is 54.0 Å². The zero-order chi connectivity index (χ0) is 13.8. The lowest BCUT2D eigenvalue weighted by Gasteiger charge is -2.10. The number of hydrogen-bond acceptors (Lipinski definition) is 2. The molecular formula is C16H18BrNO. The van der Waals surface area contributed by atoms with Crippen molar-refractivity contribution in [3.05, 3.63) is 58.1 Å². The number of halogens is 1. The lowest BCUT2D eigenvalue weighted by Crippen LogP contribution is -1.99. The van der Waals surface area contributed by atoms with E-state index in [1.807, 2.05) is 18.2 Å². The van der Waals surface area contributed by atoms with Gasteiger partial charge in [0.1, 0.15) is 12.4 Å². The first kappa shape index (κ1) is 13.9. The van der Waals surface area contributed by atoms with Gasteiger partial charge >= 0.3 is 0 Å². The minimum Gasteiger partial charge on any atom is -0.487 e. The number of ether oxygens (including phenoxy) is 1. The Kier molecular flexibility index (Phi) is 4.48. The van der Waals surface area contributed by atoms with Crippen LogP contribution in [0.3, 0.4) is 0 Å². The van der Waals surface area contributed by atoms with Crippen LogP contribution < -0.4 is 10.5 Å². The highest BCUT2D eigenvalue weighted by atomic mass is 79.9. The van der Waals surface area contributed by atoms with E-state index in [0.717, 1.165) is 15.8 Å². The van der Waals surface area contributed by atoms with Crippen molar-refractivity contribution in [1.29, 1.82) is 0 Å². The third kappa shape index (κ3) is 3.74. The fraction of sp³-hybridized carbons (Fsp3) is 0.250. The number of nitrogens with two attached hydrogens (primary N) is 1. The van der Waals surface area contributed by atoms with Gasteiger partial charge in [-0.2, -0.15) is 0 Å². The van der Waals surface area contributed by atoms with Crippen molar-refractivity contribution in [2.45, 2.75) is 26.4 Å². The van der Waals surface area contributed by atoms with Crippen molar-refractivity contribution in [3.63, 3.8) is 0 Å². The highest BCUT2D eigenvalue weighted by molar-refractivity contribution is 9.10. The van der Waals surface area contributed by atoms with Gasteiger partial charge < -0.3 is 10.5 Å². The van der Waals surface area contributed by atoms with Crippen molar-refractivity contribution in [1.82, 2.24) is 0 Å². The Morgan fingerprint density at radius 1 is 1.11 bits per heavy atom. The van der Waals surface area contributed by atoms with E-state index in [1.165, 1.54) is 5.56 Å². The van der Waals surface area contributed by atoms with Gasteiger partial charge in [0.25, 0.3) is 0 Å². The zero-order valence-electron chi connectivity index (χ0n) is 11.2. The normalized spacial score (nSPS) is 10.7. The van der Waals surface area contributed by atoms with Crippen molar-refractivity contribution in [2.24, 2.45) is 0 Å². The van der Waals surface area contributed by atoms with Crippen molar-refractivity contribution in [2.75, 3.05) is 5.73 Å². The Bertz CT molecular complexity index is 549. The van der Waals surface area contributed by atoms with E-state index in [-0.39, 0.29) is 0 Å². The van der Waals surface area contributed by atoms with Crippen molar-refractivity contribution in [3.8, 4) is 5.75 Å². The monoisotopic (exact) mass is 319 g/mol. The summed E-state index contributed by atoms with van der Waals surface area (Å²) in [4.78, 5) is 0. The molecule has 0 radical (unpaired) electrons. The number of rotatable bonds is 4. The van der Waals surface area contributed by atoms with Crippen LogP contribution in [0.1, 0.15) is 30.9 Å². The van der Waals surface area contributed by atoms with Gasteiger partial charge in [-0.3, -0.25) is 0 Å². The van der Waals surface area contributed by atoms with Crippen molar-refractivity contribution >= 4 is 21.6 Å². The predicted molar refractivity (Wildman–Crippen MR) is 83.4 cm³/mol. The molecule has 0 heterocycles. The number of hydrogen-bond donors (Lipinski definition) is 1. The third-order valence-corrected chi connectivity index (χ3v) is 3.51. The molecule has 19 heavy (non-hydrogen) atoms. The average Bonchev–Trinajstić information content (AvgIpc) is 2.38. The fourth-order valence-electron chi connectivity index (χ4n) is 1.81. The van der Waals surface area contributed by atoms with Crippen LogP contribution in [0.2, 0.25) is 0 Å². The molecule has 0 bridgehead atoms. The Balaban J connectivity index is 2.02. The minimum atomic E-state index is 0.532. The van der Waals surface area contributed by atoms with Gasteiger partial charge in [-0.1, -0.05) is 54.0 Å². The molecule has 0 aliphatic heterocycles. The van der Waals surface area contributed by atoms with Gasteiger partial charge in [0.15, 0.2) is 0 Å². The fourth-order valence-corrected chi connectivity index (χ4v) is 2.19. The highest BCUT2D eigenvalue weighted by Crippen LogP contribution is 2.26. The summed E-state index contributed by atoms with van der Waals surface area (Å²) in [6.45, 7) is 4.91. The molecular weight excluding hydrogens is 302 g/mol. The van der Waals surface area contributed by atoms with Crippen LogP contribution in [0.4, 0.5) is 5.69 Å². The lowest BCUT2D eigenvalue weighted by atomic mass is 10.0. The molecule has 0 saturated carbocycles.